The van der Waals surface area contributed by atoms with Gasteiger partial charge >= 0.3 is 0 Å². The van der Waals surface area contributed by atoms with Crippen LogP contribution in [-0.2, 0) is 0 Å². The Balaban J connectivity index is 1.09. The van der Waals surface area contributed by atoms with E-state index in [-0.39, 0.29) is 6.71 Å². The Hall–Kier alpha value is -7.50. The predicted molar refractivity (Wildman–Crippen MR) is 236 cm³/mol. The van der Waals surface area contributed by atoms with Crippen LogP contribution < -0.4 is 30.8 Å². The Bertz CT molecular complexity index is 3160. The van der Waals surface area contributed by atoms with Gasteiger partial charge in [-0.3, -0.25) is 0 Å². The molecule has 0 radical (unpaired) electrons. The molecule has 4 nitrogen and oxygen atoms in total. The Labute approximate surface area is 330 Å². The Morgan fingerprint density at radius 3 is 1.77 bits per heavy atom. The van der Waals surface area contributed by atoms with Crippen LogP contribution in [0.1, 0.15) is 0 Å². The predicted octanol–water partition coefficient (Wildman–Crippen LogP) is 11.8. The van der Waals surface area contributed by atoms with E-state index >= 15 is 0 Å². The summed E-state index contributed by atoms with van der Waals surface area (Å²) in [6.45, 7) is -0.0665. The zero-order valence-electron chi connectivity index (χ0n) is 30.8. The van der Waals surface area contributed by atoms with Gasteiger partial charge in [-0.15, -0.1) is 0 Å². The van der Waals surface area contributed by atoms with Crippen molar-refractivity contribution in [1.82, 2.24) is 4.57 Å². The Morgan fingerprint density at radius 2 is 1.02 bits per heavy atom. The number of nitrogens with zero attached hydrogens (tertiary/aromatic N) is 2. The number of anilines is 3. The molecule has 0 unspecified atom stereocenters. The molecule has 0 bridgehead atoms. The topological polar surface area (TPSA) is 26.6 Å². The fourth-order valence-corrected chi connectivity index (χ4v) is 9.07. The number of para-hydroxylation sites is 4. The molecule has 0 aliphatic carbocycles. The molecule has 0 saturated heterocycles. The van der Waals surface area contributed by atoms with Gasteiger partial charge in [-0.05, 0) is 118 Å². The van der Waals surface area contributed by atoms with Crippen LogP contribution in [0.5, 0.6) is 23.0 Å². The summed E-state index contributed by atoms with van der Waals surface area (Å²) in [6.07, 6.45) is 0. The van der Waals surface area contributed by atoms with Crippen molar-refractivity contribution in [2.24, 2.45) is 0 Å². The van der Waals surface area contributed by atoms with Crippen molar-refractivity contribution >= 4 is 72.7 Å². The molecule has 0 N–H and O–H groups in total. The van der Waals surface area contributed by atoms with Gasteiger partial charge in [-0.2, -0.15) is 0 Å². The molecule has 10 aromatic rings. The van der Waals surface area contributed by atoms with E-state index in [1.807, 2.05) is 0 Å². The van der Waals surface area contributed by atoms with E-state index in [1.54, 1.807) is 0 Å². The third-order valence-corrected chi connectivity index (χ3v) is 11.6. The van der Waals surface area contributed by atoms with Gasteiger partial charge in [0.25, 0.3) is 6.71 Å². The summed E-state index contributed by atoms with van der Waals surface area (Å²) in [5.41, 5.74) is 12.2. The molecule has 12 rings (SSSR count). The third-order valence-electron chi connectivity index (χ3n) is 11.6. The molecule has 2 aliphatic rings. The molecule has 5 heteroatoms. The number of hydrogen-bond donors (Lipinski definition) is 0. The fourth-order valence-electron chi connectivity index (χ4n) is 9.07. The summed E-state index contributed by atoms with van der Waals surface area (Å²) in [5.74, 6) is 3.40. The number of rotatable bonds is 5. The Morgan fingerprint density at radius 1 is 0.386 bits per heavy atom. The first-order valence-electron chi connectivity index (χ1n) is 19.4. The van der Waals surface area contributed by atoms with Crippen LogP contribution >= 0.6 is 0 Å². The summed E-state index contributed by atoms with van der Waals surface area (Å²) < 4.78 is 16.2. The molecule has 3 heterocycles. The van der Waals surface area contributed by atoms with Gasteiger partial charge in [0, 0.05) is 39.0 Å². The minimum absolute atomic E-state index is 0.0665. The van der Waals surface area contributed by atoms with Gasteiger partial charge in [0.2, 0.25) is 0 Å². The lowest BCUT2D eigenvalue weighted by molar-refractivity contribution is 0.465. The highest BCUT2D eigenvalue weighted by atomic mass is 16.5. The second-order valence-electron chi connectivity index (χ2n) is 14.9. The van der Waals surface area contributed by atoms with Crippen molar-refractivity contribution in [1.29, 1.82) is 0 Å². The molecule has 1 aromatic heterocycles. The van der Waals surface area contributed by atoms with Crippen molar-refractivity contribution < 1.29 is 9.47 Å². The lowest BCUT2D eigenvalue weighted by Gasteiger charge is -2.33. The molecule has 57 heavy (non-hydrogen) atoms. The van der Waals surface area contributed by atoms with E-state index in [1.165, 1.54) is 10.8 Å². The molecule has 0 saturated carbocycles. The van der Waals surface area contributed by atoms with Gasteiger partial charge in [0.05, 0.1) is 11.0 Å². The first-order chi connectivity index (χ1) is 28.2. The third kappa shape index (κ3) is 5.02. The Kier molecular flexibility index (Phi) is 6.99. The standard InChI is InChI=1S/C52H33BN2O2/c1-4-16-38(17-5-1)54(39-18-6-2-7-19-39)41-26-27-42-43-32-49-45(33-47(43)55(46(42)31-41)40-20-8-3-9-21-40)53-44-22-12-13-23-48(44)56-50-29-37(30-51(57-49)52(50)53)36-25-24-34-14-10-11-15-35(34)28-36/h1-33H. The van der Waals surface area contributed by atoms with Crippen LogP contribution in [0.4, 0.5) is 17.1 Å². The number of aromatic nitrogens is 1. The van der Waals surface area contributed by atoms with E-state index in [4.69, 9.17) is 9.47 Å². The molecule has 0 amide bonds. The van der Waals surface area contributed by atoms with E-state index in [0.717, 1.165) is 95.1 Å². The average molecular weight is 729 g/mol. The van der Waals surface area contributed by atoms with Crippen molar-refractivity contribution in [3.8, 4) is 39.8 Å². The van der Waals surface area contributed by atoms with Crippen molar-refractivity contribution in [2.75, 3.05) is 4.90 Å². The second kappa shape index (κ2) is 12.5. The lowest BCUT2D eigenvalue weighted by Crippen LogP contribution is -2.57. The van der Waals surface area contributed by atoms with Crippen molar-refractivity contribution in [3.05, 3.63) is 200 Å². The number of benzene rings is 9. The molecular weight excluding hydrogens is 695 g/mol. The molecule has 0 atom stereocenters. The van der Waals surface area contributed by atoms with Crippen LogP contribution in [0.3, 0.4) is 0 Å². The van der Waals surface area contributed by atoms with Crippen LogP contribution in [0.15, 0.2) is 200 Å². The molecule has 0 fully saturated rings. The minimum atomic E-state index is -0.0665. The SMILES string of the molecule is c1ccc(N(c2ccccc2)c2ccc3c4cc5c(cc4n(-c4ccccc4)c3c2)B2c3ccccc3Oc3cc(-c4ccc6ccccc6c4)cc(c32)O5)cc1. The van der Waals surface area contributed by atoms with Crippen LogP contribution in [0.25, 0.3) is 49.4 Å². The van der Waals surface area contributed by atoms with E-state index in [0.29, 0.717) is 0 Å². The molecule has 0 spiro atoms. The summed E-state index contributed by atoms with van der Waals surface area (Å²) in [7, 11) is 0. The summed E-state index contributed by atoms with van der Waals surface area (Å²) in [6, 6.07) is 71.3. The molecule has 2 aliphatic heterocycles. The minimum Gasteiger partial charge on any atom is -0.458 e. The van der Waals surface area contributed by atoms with E-state index in [2.05, 4.69) is 210 Å². The summed E-state index contributed by atoms with van der Waals surface area (Å²) >= 11 is 0. The van der Waals surface area contributed by atoms with Crippen LogP contribution in [0.2, 0.25) is 0 Å². The maximum absolute atomic E-state index is 7.04. The first-order valence-corrected chi connectivity index (χ1v) is 19.4. The molecular formula is C52H33BN2O2. The van der Waals surface area contributed by atoms with Gasteiger partial charge in [0.1, 0.15) is 23.0 Å². The maximum Gasteiger partial charge on any atom is 0.260 e. The monoisotopic (exact) mass is 728 g/mol. The normalized spacial score (nSPS) is 12.5. The highest BCUT2D eigenvalue weighted by Crippen LogP contribution is 2.43. The van der Waals surface area contributed by atoms with Crippen molar-refractivity contribution in [2.45, 2.75) is 0 Å². The first kappa shape index (κ1) is 31.8. The second-order valence-corrected chi connectivity index (χ2v) is 14.9. The highest BCUT2D eigenvalue weighted by molar-refractivity contribution is 6.98. The molecule has 266 valence electrons. The van der Waals surface area contributed by atoms with E-state index < -0.39 is 0 Å². The van der Waals surface area contributed by atoms with Gasteiger partial charge < -0.3 is 18.9 Å². The molecule has 9 aromatic carbocycles. The number of hydrogen-bond acceptors (Lipinski definition) is 3. The van der Waals surface area contributed by atoms with Crippen LogP contribution in [0, 0.1) is 0 Å². The number of ether oxygens (including phenoxy) is 2. The fraction of sp³-hybridized carbons (Fsp3) is 0. The smallest absolute Gasteiger partial charge is 0.260 e. The van der Waals surface area contributed by atoms with Crippen molar-refractivity contribution in [3.63, 3.8) is 0 Å². The van der Waals surface area contributed by atoms with Crippen LogP contribution in [-0.4, -0.2) is 11.3 Å². The average Bonchev–Trinajstić information content (AvgIpc) is 3.58. The zero-order chi connectivity index (χ0) is 37.5. The lowest BCUT2D eigenvalue weighted by atomic mass is 9.35. The largest absolute Gasteiger partial charge is 0.458 e. The van der Waals surface area contributed by atoms with Gasteiger partial charge in [0.15, 0.2) is 0 Å². The highest BCUT2D eigenvalue weighted by Gasteiger charge is 2.41. The maximum atomic E-state index is 7.04. The number of fused-ring (bicyclic) bond motifs is 8. The van der Waals surface area contributed by atoms with E-state index in [9.17, 15) is 0 Å². The van der Waals surface area contributed by atoms with Gasteiger partial charge in [-0.1, -0.05) is 115 Å². The summed E-state index contributed by atoms with van der Waals surface area (Å²) in [4.78, 5) is 2.32. The quantitative estimate of drug-likeness (QED) is 0.165. The van der Waals surface area contributed by atoms with Gasteiger partial charge in [-0.25, -0.2) is 0 Å². The zero-order valence-corrected chi connectivity index (χ0v) is 30.8. The summed E-state index contributed by atoms with van der Waals surface area (Å²) in [5, 5.41) is 4.72.